The SMILES string of the molecule is CC(C)N1CCC(NC(=O)Cc2cc(Cl)c3c(c2)OCCO3)CC1. The van der Waals surface area contributed by atoms with Gasteiger partial charge in [-0.05, 0) is 44.4 Å². The molecule has 24 heavy (non-hydrogen) atoms. The van der Waals surface area contributed by atoms with Crippen LogP contribution in [0.4, 0.5) is 0 Å². The molecule has 0 unspecified atom stereocenters. The molecular weight excluding hydrogens is 328 g/mol. The molecule has 2 aliphatic heterocycles. The van der Waals surface area contributed by atoms with Crippen LogP contribution in [0.3, 0.4) is 0 Å². The Morgan fingerprint density at radius 3 is 2.71 bits per heavy atom. The Hall–Kier alpha value is -1.46. The Morgan fingerprint density at radius 1 is 1.29 bits per heavy atom. The van der Waals surface area contributed by atoms with Crippen LogP contribution in [-0.2, 0) is 11.2 Å². The Bertz CT molecular complexity index is 598. The fourth-order valence-electron chi connectivity index (χ4n) is 3.29. The van der Waals surface area contributed by atoms with Gasteiger partial charge >= 0.3 is 0 Å². The number of ether oxygens (including phenoxy) is 2. The fraction of sp³-hybridized carbons (Fsp3) is 0.611. The minimum atomic E-state index is 0.0331. The van der Waals surface area contributed by atoms with Gasteiger partial charge in [0, 0.05) is 25.2 Å². The van der Waals surface area contributed by atoms with Crippen LogP contribution in [0.2, 0.25) is 5.02 Å². The average Bonchev–Trinajstić information content (AvgIpc) is 2.55. The van der Waals surface area contributed by atoms with Crippen molar-refractivity contribution in [2.24, 2.45) is 0 Å². The first-order valence-electron chi connectivity index (χ1n) is 8.64. The Labute approximate surface area is 148 Å². The van der Waals surface area contributed by atoms with E-state index in [0.717, 1.165) is 31.5 Å². The molecular formula is C18H25ClN2O3. The minimum absolute atomic E-state index is 0.0331. The molecule has 2 heterocycles. The van der Waals surface area contributed by atoms with Gasteiger partial charge in [-0.1, -0.05) is 11.6 Å². The van der Waals surface area contributed by atoms with E-state index in [2.05, 4.69) is 24.1 Å². The molecule has 0 radical (unpaired) electrons. The number of amides is 1. The number of halogens is 1. The predicted octanol–water partition coefficient (Wildman–Crippen LogP) is 2.64. The van der Waals surface area contributed by atoms with Crippen LogP contribution in [0, 0.1) is 0 Å². The number of fused-ring (bicyclic) bond motifs is 1. The summed E-state index contributed by atoms with van der Waals surface area (Å²) in [6.45, 7) is 7.51. The van der Waals surface area contributed by atoms with Gasteiger partial charge in [0.2, 0.25) is 5.91 Å². The summed E-state index contributed by atoms with van der Waals surface area (Å²) in [6, 6.07) is 4.47. The number of carbonyl (C=O) groups is 1. The van der Waals surface area contributed by atoms with E-state index in [1.807, 2.05) is 6.07 Å². The zero-order valence-electron chi connectivity index (χ0n) is 14.3. The lowest BCUT2D eigenvalue weighted by atomic mass is 10.0. The van der Waals surface area contributed by atoms with Gasteiger partial charge in [0.05, 0.1) is 11.4 Å². The molecule has 1 fully saturated rings. The molecule has 2 aliphatic rings. The van der Waals surface area contributed by atoms with Crippen LogP contribution in [0.15, 0.2) is 12.1 Å². The summed E-state index contributed by atoms with van der Waals surface area (Å²) in [4.78, 5) is 14.8. The van der Waals surface area contributed by atoms with Crippen LogP contribution in [0.1, 0.15) is 32.3 Å². The number of benzene rings is 1. The molecule has 1 aromatic rings. The lowest BCUT2D eigenvalue weighted by molar-refractivity contribution is -0.121. The maximum Gasteiger partial charge on any atom is 0.224 e. The highest BCUT2D eigenvalue weighted by atomic mass is 35.5. The highest BCUT2D eigenvalue weighted by Gasteiger charge is 2.23. The first kappa shape index (κ1) is 17.4. The zero-order valence-corrected chi connectivity index (χ0v) is 15.1. The Morgan fingerprint density at radius 2 is 2.00 bits per heavy atom. The van der Waals surface area contributed by atoms with Crippen LogP contribution in [0.5, 0.6) is 11.5 Å². The van der Waals surface area contributed by atoms with E-state index in [4.69, 9.17) is 21.1 Å². The van der Waals surface area contributed by atoms with E-state index >= 15 is 0 Å². The molecule has 1 amide bonds. The second-order valence-corrected chi connectivity index (χ2v) is 7.16. The lowest BCUT2D eigenvalue weighted by Crippen LogP contribution is -2.46. The van der Waals surface area contributed by atoms with Crippen molar-refractivity contribution in [3.05, 3.63) is 22.7 Å². The molecule has 1 aromatic carbocycles. The third-order valence-corrected chi connectivity index (χ3v) is 4.93. The van der Waals surface area contributed by atoms with Crippen molar-refractivity contribution in [3.63, 3.8) is 0 Å². The number of rotatable bonds is 4. The third-order valence-electron chi connectivity index (χ3n) is 4.65. The van der Waals surface area contributed by atoms with Crippen LogP contribution >= 0.6 is 11.6 Å². The minimum Gasteiger partial charge on any atom is -0.486 e. The van der Waals surface area contributed by atoms with Crippen LogP contribution in [-0.4, -0.2) is 49.2 Å². The van der Waals surface area contributed by atoms with Gasteiger partial charge in [-0.2, -0.15) is 0 Å². The number of likely N-dealkylation sites (tertiary alicyclic amines) is 1. The predicted molar refractivity (Wildman–Crippen MR) is 94.0 cm³/mol. The second kappa shape index (κ2) is 7.62. The summed E-state index contributed by atoms with van der Waals surface area (Å²) in [7, 11) is 0. The van der Waals surface area contributed by atoms with Gasteiger partial charge in [-0.3, -0.25) is 4.79 Å². The quantitative estimate of drug-likeness (QED) is 0.905. The second-order valence-electron chi connectivity index (χ2n) is 6.75. The molecule has 0 atom stereocenters. The molecule has 1 saturated heterocycles. The highest BCUT2D eigenvalue weighted by Crippen LogP contribution is 2.38. The van der Waals surface area contributed by atoms with Crippen molar-refractivity contribution in [1.29, 1.82) is 0 Å². The number of piperidine rings is 1. The lowest BCUT2D eigenvalue weighted by Gasteiger charge is -2.34. The molecule has 0 saturated carbocycles. The maximum absolute atomic E-state index is 12.3. The summed E-state index contributed by atoms with van der Waals surface area (Å²) in [5.74, 6) is 1.24. The van der Waals surface area contributed by atoms with E-state index in [0.29, 0.717) is 42.2 Å². The van der Waals surface area contributed by atoms with Crippen LogP contribution in [0.25, 0.3) is 0 Å². The number of hydrogen-bond acceptors (Lipinski definition) is 4. The van der Waals surface area contributed by atoms with E-state index in [1.54, 1.807) is 6.07 Å². The summed E-state index contributed by atoms with van der Waals surface area (Å²) in [5, 5.41) is 3.65. The molecule has 0 aliphatic carbocycles. The summed E-state index contributed by atoms with van der Waals surface area (Å²) in [6.07, 6.45) is 2.32. The topological polar surface area (TPSA) is 50.8 Å². The first-order valence-corrected chi connectivity index (χ1v) is 9.02. The van der Waals surface area contributed by atoms with Gasteiger partial charge in [0.25, 0.3) is 0 Å². The normalized spacial score (nSPS) is 18.7. The number of hydrogen-bond donors (Lipinski definition) is 1. The van der Waals surface area contributed by atoms with Crippen molar-refractivity contribution in [1.82, 2.24) is 10.2 Å². The summed E-state index contributed by atoms with van der Waals surface area (Å²) >= 11 is 6.23. The summed E-state index contributed by atoms with van der Waals surface area (Å²) < 4.78 is 11.1. The standard InChI is InChI=1S/C18H25ClN2O3/c1-12(2)21-5-3-14(4-6-21)20-17(22)11-13-9-15(19)18-16(10-13)23-7-8-24-18/h9-10,12,14H,3-8,11H2,1-2H3,(H,20,22). The van der Waals surface area contributed by atoms with Gasteiger partial charge < -0.3 is 19.7 Å². The zero-order chi connectivity index (χ0) is 17.1. The van der Waals surface area contributed by atoms with Crippen molar-refractivity contribution in [2.75, 3.05) is 26.3 Å². The molecule has 0 bridgehead atoms. The molecule has 132 valence electrons. The molecule has 5 nitrogen and oxygen atoms in total. The van der Waals surface area contributed by atoms with Crippen LogP contribution < -0.4 is 14.8 Å². The van der Waals surface area contributed by atoms with E-state index in [1.165, 1.54) is 0 Å². The number of carbonyl (C=O) groups excluding carboxylic acids is 1. The van der Waals surface area contributed by atoms with E-state index < -0.39 is 0 Å². The fourth-order valence-corrected chi connectivity index (χ4v) is 3.58. The van der Waals surface area contributed by atoms with Gasteiger partial charge in [-0.25, -0.2) is 0 Å². The monoisotopic (exact) mass is 352 g/mol. The Balaban J connectivity index is 1.55. The third kappa shape index (κ3) is 4.14. The van der Waals surface area contributed by atoms with Crippen molar-refractivity contribution < 1.29 is 14.3 Å². The van der Waals surface area contributed by atoms with Crippen molar-refractivity contribution in [3.8, 4) is 11.5 Å². The summed E-state index contributed by atoms with van der Waals surface area (Å²) in [5.41, 5.74) is 0.848. The van der Waals surface area contributed by atoms with Gasteiger partial charge in [0.15, 0.2) is 11.5 Å². The maximum atomic E-state index is 12.3. The highest BCUT2D eigenvalue weighted by molar-refractivity contribution is 6.32. The number of nitrogens with one attached hydrogen (secondary N) is 1. The first-order chi connectivity index (χ1) is 11.5. The van der Waals surface area contributed by atoms with E-state index in [-0.39, 0.29) is 11.9 Å². The van der Waals surface area contributed by atoms with Crippen molar-refractivity contribution >= 4 is 17.5 Å². The molecule has 6 heteroatoms. The molecule has 0 aromatic heterocycles. The van der Waals surface area contributed by atoms with Gasteiger partial charge in [0.1, 0.15) is 13.2 Å². The molecule has 0 spiro atoms. The van der Waals surface area contributed by atoms with Gasteiger partial charge in [-0.15, -0.1) is 0 Å². The largest absolute Gasteiger partial charge is 0.486 e. The average molecular weight is 353 g/mol. The van der Waals surface area contributed by atoms with Crippen molar-refractivity contribution in [2.45, 2.75) is 45.2 Å². The Kier molecular flexibility index (Phi) is 5.51. The smallest absolute Gasteiger partial charge is 0.224 e. The van der Waals surface area contributed by atoms with E-state index in [9.17, 15) is 4.79 Å². The number of nitrogens with zero attached hydrogens (tertiary/aromatic N) is 1. The molecule has 1 N–H and O–H groups in total. The molecule has 3 rings (SSSR count).